The summed E-state index contributed by atoms with van der Waals surface area (Å²) in [6.45, 7) is 0. The van der Waals surface area contributed by atoms with Gasteiger partial charge in [0.15, 0.2) is 0 Å². The van der Waals surface area contributed by atoms with Gasteiger partial charge in [-0.1, -0.05) is 11.8 Å². The zero-order valence-electron chi connectivity index (χ0n) is 13.8. The predicted octanol–water partition coefficient (Wildman–Crippen LogP) is 3.68. The highest BCUT2D eigenvalue weighted by atomic mass is 19.4. The Kier molecular flexibility index (Phi) is 5.68. The van der Waals surface area contributed by atoms with Gasteiger partial charge < -0.3 is 9.47 Å². The van der Waals surface area contributed by atoms with Gasteiger partial charge >= 0.3 is 18.1 Å². The standard InChI is InChI=1S/C19H13F3O4/c1-25-17(23)15-10-7-13(11-16(15)18(24)26-2)4-3-12-5-8-14(9-6-12)19(20,21)22/h5-11H,1-2H3. The minimum atomic E-state index is -4.41. The number of rotatable bonds is 2. The summed E-state index contributed by atoms with van der Waals surface area (Å²) in [5, 5.41) is 0. The molecule has 4 nitrogen and oxygen atoms in total. The Labute approximate surface area is 147 Å². The van der Waals surface area contributed by atoms with E-state index in [4.69, 9.17) is 0 Å². The number of halogens is 3. The number of methoxy groups -OCH3 is 2. The fourth-order valence-corrected chi connectivity index (χ4v) is 2.08. The summed E-state index contributed by atoms with van der Waals surface area (Å²) in [5.41, 5.74) is 0.00377. The molecule has 0 bridgehead atoms. The Balaban J connectivity index is 2.35. The number of alkyl halides is 3. The van der Waals surface area contributed by atoms with Crippen LogP contribution < -0.4 is 0 Å². The second-order valence-corrected chi connectivity index (χ2v) is 5.07. The summed E-state index contributed by atoms with van der Waals surface area (Å²) in [7, 11) is 2.35. The summed E-state index contributed by atoms with van der Waals surface area (Å²) in [4.78, 5) is 23.5. The second kappa shape index (κ2) is 7.74. The highest BCUT2D eigenvalue weighted by Crippen LogP contribution is 2.28. The van der Waals surface area contributed by atoms with Crippen molar-refractivity contribution in [1.29, 1.82) is 0 Å². The van der Waals surface area contributed by atoms with Crippen LogP contribution in [0.4, 0.5) is 13.2 Å². The molecular weight excluding hydrogens is 349 g/mol. The van der Waals surface area contributed by atoms with Crippen LogP contribution in [0.15, 0.2) is 42.5 Å². The van der Waals surface area contributed by atoms with Crippen molar-refractivity contribution in [2.24, 2.45) is 0 Å². The van der Waals surface area contributed by atoms with E-state index in [2.05, 4.69) is 21.3 Å². The fourth-order valence-electron chi connectivity index (χ4n) is 2.08. The molecule has 0 saturated heterocycles. The van der Waals surface area contributed by atoms with E-state index in [1.807, 2.05) is 0 Å². The summed E-state index contributed by atoms with van der Waals surface area (Å²) in [6, 6.07) is 8.59. The largest absolute Gasteiger partial charge is 0.465 e. The molecule has 134 valence electrons. The Morgan fingerprint density at radius 3 is 1.85 bits per heavy atom. The van der Waals surface area contributed by atoms with Crippen LogP contribution in [-0.4, -0.2) is 26.2 Å². The first-order valence-corrected chi connectivity index (χ1v) is 7.26. The maximum atomic E-state index is 12.5. The lowest BCUT2D eigenvalue weighted by Crippen LogP contribution is -2.12. The summed E-state index contributed by atoms with van der Waals surface area (Å²) >= 11 is 0. The third-order valence-electron chi connectivity index (χ3n) is 3.39. The van der Waals surface area contributed by atoms with Crippen LogP contribution in [0.25, 0.3) is 0 Å². The molecule has 0 aromatic heterocycles. The minimum absolute atomic E-state index is 0.0152. The molecule has 2 rings (SSSR count). The first-order valence-electron chi connectivity index (χ1n) is 7.26. The molecule has 2 aromatic rings. The number of esters is 2. The molecule has 0 amide bonds. The number of benzene rings is 2. The summed E-state index contributed by atoms with van der Waals surface area (Å²) < 4.78 is 46.9. The molecule has 0 unspecified atom stereocenters. The van der Waals surface area contributed by atoms with Gasteiger partial charge in [0, 0.05) is 11.1 Å². The van der Waals surface area contributed by atoms with Crippen molar-refractivity contribution in [3.8, 4) is 11.8 Å². The third kappa shape index (κ3) is 4.42. The van der Waals surface area contributed by atoms with E-state index in [1.165, 1.54) is 44.6 Å². The normalized spacial score (nSPS) is 10.5. The van der Waals surface area contributed by atoms with Crippen LogP contribution in [0.3, 0.4) is 0 Å². The maximum absolute atomic E-state index is 12.5. The average molecular weight is 362 g/mol. The molecular formula is C19H13F3O4. The zero-order valence-corrected chi connectivity index (χ0v) is 13.8. The molecule has 0 spiro atoms. The second-order valence-electron chi connectivity index (χ2n) is 5.07. The van der Waals surface area contributed by atoms with Gasteiger partial charge in [0.05, 0.1) is 30.9 Å². The van der Waals surface area contributed by atoms with Gasteiger partial charge in [-0.15, -0.1) is 0 Å². The molecule has 0 fully saturated rings. The molecule has 7 heteroatoms. The quantitative estimate of drug-likeness (QED) is 0.604. The van der Waals surface area contributed by atoms with Crippen molar-refractivity contribution in [2.75, 3.05) is 14.2 Å². The van der Waals surface area contributed by atoms with Gasteiger partial charge in [0.1, 0.15) is 0 Å². The highest BCUT2D eigenvalue weighted by Gasteiger charge is 2.29. The first-order chi connectivity index (χ1) is 12.3. The van der Waals surface area contributed by atoms with E-state index in [0.29, 0.717) is 11.1 Å². The van der Waals surface area contributed by atoms with Crippen molar-refractivity contribution in [1.82, 2.24) is 0 Å². The van der Waals surface area contributed by atoms with Crippen LogP contribution in [0, 0.1) is 11.8 Å². The van der Waals surface area contributed by atoms with E-state index in [-0.39, 0.29) is 11.1 Å². The van der Waals surface area contributed by atoms with Gasteiger partial charge in [-0.2, -0.15) is 13.2 Å². The van der Waals surface area contributed by atoms with Crippen molar-refractivity contribution in [3.63, 3.8) is 0 Å². The number of carbonyl (C=O) groups excluding carboxylic acids is 2. The van der Waals surface area contributed by atoms with E-state index in [1.54, 1.807) is 0 Å². The van der Waals surface area contributed by atoms with E-state index >= 15 is 0 Å². The number of hydrogen-bond donors (Lipinski definition) is 0. The molecule has 26 heavy (non-hydrogen) atoms. The Bertz CT molecular complexity index is 888. The molecule has 0 aliphatic heterocycles. The number of ether oxygens (including phenoxy) is 2. The molecule has 0 atom stereocenters. The lowest BCUT2D eigenvalue weighted by molar-refractivity contribution is -0.137. The molecule has 2 aromatic carbocycles. The van der Waals surface area contributed by atoms with E-state index in [0.717, 1.165) is 12.1 Å². The van der Waals surface area contributed by atoms with Crippen molar-refractivity contribution >= 4 is 11.9 Å². The number of hydrogen-bond acceptors (Lipinski definition) is 4. The van der Waals surface area contributed by atoms with Gasteiger partial charge in [-0.05, 0) is 42.5 Å². The molecule has 0 aliphatic carbocycles. The van der Waals surface area contributed by atoms with Crippen LogP contribution in [0.5, 0.6) is 0 Å². The van der Waals surface area contributed by atoms with Gasteiger partial charge in [0.25, 0.3) is 0 Å². The lowest BCUT2D eigenvalue weighted by Gasteiger charge is -2.06. The van der Waals surface area contributed by atoms with Crippen LogP contribution in [0.2, 0.25) is 0 Å². The van der Waals surface area contributed by atoms with E-state index in [9.17, 15) is 22.8 Å². The smallest absolute Gasteiger partial charge is 0.416 e. The monoisotopic (exact) mass is 362 g/mol. The highest BCUT2D eigenvalue weighted by molar-refractivity contribution is 6.03. The Morgan fingerprint density at radius 2 is 1.31 bits per heavy atom. The van der Waals surface area contributed by atoms with Crippen LogP contribution in [0.1, 0.15) is 37.4 Å². The predicted molar refractivity (Wildman–Crippen MR) is 86.5 cm³/mol. The first kappa shape index (κ1) is 19.1. The van der Waals surface area contributed by atoms with Crippen molar-refractivity contribution in [3.05, 3.63) is 70.3 Å². The molecule has 0 aliphatic rings. The molecule has 0 heterocycles. The SMILES string of the molecule is COC(=O)c1ccc(C#Cc2ccc(C(F)(F)F)cc2)cc1C(=O)OC. The molecule has 0 saturated carbocycles. The van der Waals surface area contributed by atoms with Gasteiger partial charge in [0.2, 0.25) is 0 Å². The van der Waals surface area contributed by atoms with Crippen LogP contribution in [-0.2, 0) is 15.7 Å². The molecule has 0 radical (unpaired) electrons. The average Bonchev–Trinajstić information content (AvgIpc) is 2.64. The van der Waals surface area contributed by atoms with Crippen molar-refractivity contribution < 1.29 is 32.2 Å². The third-order valence-corrected chi connectivity index (χ3v) is 3.39. The van der Waals surface area contributed by atoms with Crippen LogP contribution >= 0.6 is 0 Å². The lowest BCUT2D eigenvalue weighted by atomic mass is 10.0. The van der Waals surface area contributed by atoms with Gasteiger partial charge in [-0.3, -0.25) is 0 Å². The Morgan fingerprint density at radius 1 is 0.808 bits per heavy atom. The Hall–Kier alpha value is -3.27. The number of carbonyl (C=O) groups is 2. The minimum Gasteiger partial charge on any atom is -0.465 e. The zero-order chi connectivity index (χ0) is 19.3. The van der Waals surface area contributed by atoms with E-state index < -0.39 is 23.7 Å². The summed E-state index contributed by atoms with van der Waals surface area (Å²) in [6.07, 6.45) is -4.41. The van der Waals surface area contributed by atoms with Crippen molar-refractivity contribution in [2.45, 2.75) is 6.18 Å². The van der Waals surface area contributed by atoms with Gasteiger partial charge in [-0.25, -0.2) is 9.59 Å². The maximum Gasteiger partial charge on any atom is 0.416 e. The fraction of sp³-hybridized carbons (Fsp3) is 0.158. The summed E-state index contributed by atoms with van der Waals surface area (Å²) in [5.74, 6) is 4.00. The topological polar surface area (TPSA) is 52.6 Å². The molecule has 0 N–H and O–H groups in total.